The highest BCUT2D eigenvalue weighted by Crippen LogP contribution is 2.28. The van der Waals surface area contributed by atoms with Gasteiger partial charge in [-0.05, 0) is 24.3 Å². The second kappa shape index (κ2) is 8.18. The third kappa shape index (κ3) is 4.84. The van der Waals surface area contributed by atoms with Crippen molar-refractivity contribution in [1.29, 1.82) is 5.26 Å². The quantitative estimate of drug-likeness (QED) is 0.724. The van der Waals surface area contributed by atoms with Crippen LogP contribution < -0.4 is 15.0 Å². The van der Waals surface area contributed by atoms with Crippen LogP contribution in [0.2, 0.25) is 10.0 Å². The summed E-state index contributed by atoms with van der Waals surface area (Å²) in [5.74, 6) is -0.560. The molecule has 0 saturated carbocycles. The van der Waals surface area contributed by atoms with Gasteiger partial charge in [-0.15, -0.1) is 4.83 Å². The highest BCUT2D eigenvalue weighted by atomic mass is 35.5. The Morgan fingerprint density at radius 3 is 2.60 bits per heavy atom. The number of para-hydroxylation sites is 1. The number of nitriles is 1. The molecule has 0 bridgehead atoms. The monoisotopic (exact) mass is 399 g/mol. The Morgan fingerprint density at radius 1 is 1.16 bits per heavy atom. The summed E-state index contributed by atoms with van der Waals surface area (Å²) >= 11 is 11.6. The Kier molecular flexibility index (Phi) is 6.22. The molecule has 0 fully saturated rings. The fourth-order valence-corrected chi connectivity index (χ4v) is 3.36. The Hall–Kier alpha value is -2.31. The first kappa shape index (κ1) is 19.0. The maximum absolute atomic E-state index is 12.1. The fraction of sp³-hybridized carbons (Fsp3) is 0.0667. The van der Waals surface area contributed by atoms with Crippen LogP contribution in [-0.2, 0) is 14.8 Å². The van der Waals surface area contributed by atoms with E-state index in [-0.39, 0.29) is 26.3 Å². The Labute approximate surface area is 154 Å². The van der Waals surface area contributed by atoms with Gasteiger partial charge in [0.2, 0.25) is 0 Å². The number of halogens is 2. The number of benzene rings is 2. The van der Waals surface area contributed by atoms with Crippen molar-refractivity contribution in [2.45, 2.75) is 4.90 Å². The van der Waals surface area contributed by atoms with Crippen LogP contribution in [0.5, 0.6) is 5.75 Å². The van der Waals surface area contributed by atoms with Crippen molar-refractivity contribution in [3.8, 4) is 11.8 Å². The van der Waals surface area contributed by atoms with Gasteiger partial charge in [0.25, 0.3) is 15.9 Å². The number of ether oxygens (including phenoxy) is 1. The van der Waals surface area contributed by atoms with E-state index in [0.29, 0.717) is 0 Å². The molecule has 0 radical (unpaired) electrons. The molecule has 7 nitrogen and oxygen atoms in total. The maximum Gasteiger partial charge on any atom is 0.272 e. The van der Waals surface area contributed by atoms with Gasteiger partial charge in [0.1, 0.15) is 16.7 Å². The summed E-state index contributed by atoms with van der Waals surface area (Å²) in [6.45, 7) is -0.496. The van der Waals surface area contributed by atoms with Gasteiger partial charge in [0.15, 0.2) is 6.61 Å². The first-order chi connectivity index (χ1) is 11.8. The number of nitrogens with zero attached hydrogens (tertiary/aromatic N) is 1. The fourth-order valence-electron chi connectivity index (χ4n) is 1.73. The minimum absolute atomic E-state index is 0.0623. The van der Waals surface area contributed by atoms with E-state index in [1.165, 1.54) is 30.3 Å². The summed E-state index contributed by atoms with van der Waals surface area (Å²) in [4.78, 5) is 13.4. The minimum atomic E-state index is -4.11. The van der Waals surface area contributed by atoms with Crippen LogP contribution in [0.4, 0.5) is 0 Å². The summed E-state index contributed by atoms with van der Waals surface area (Å²) in [5.41, 5.74) is 2.24. The molecule has 0 unspecified atom stereocenters. The number of hydrogen-bond acceptors (Lipinski definition) is 5. The van der Waals surface area contributed by atoms with Crippen LogP contribution in [0.15, 0.2) is 47.4 Å². The molecule has 2 aromatic carbocycles. The number of hydrogen-bond donors (Lipinski definition) is 2. The third-order valence-corrected chi connectivity index (χ3v) is 5.12. The number of rotatable bonds is 6. The van der Waals surface area contributed by atoms with Crippen LogP contribution in [0.3, 0.4) is 0 Å². The van der Waals surface area contributed by atoms with Crippen molar-refractivity contribution < 1.29 is 17.9 Å². The molecular formula is C15H11Cl2N3O4S. The van der Waals surface area contributed by atoms with Gasteiger partial charge in [-0.2, -0.15) is 5.26 Å². The normalized spacial score (nSPS) is 10.8. The molecular weight excluding hydrogens is 389 g/mol. The van der Waals surface area contributed by atoms with Crippen LogP contribution >= 0.6 is 23.2 Å². The van der Waals surface area contributed by atoms with Crippen molar-refractivity contribution >= 4 is 39.1 Å². The van der Waals surface area contributed by atoms with Gasteiger partial charge in [0, 0.05) is 0 Å². The van der Waals surface area contributed by atoms with Crippen LogP contribution in [-0.4, -0.2) is 20.9 Å². The van der Waals surface area contributed by atoms with Crippen LogP contribution in [0.1, 0.15) is 5.56 Å². The van der Waals surface area contributed by atoms with Crippen molar-refractivity contribution in [3.05, 3.63) is 58.1 Å². The van der Waals surface area contributed by atoms with Gasteiger partial charge in [0.05, 0.1) is 15.6 Å². The molecule has 0 aromatic heterocycles. The van der Waals surface area contributed by atoms with E-state index in [1.54, 1.807) is 12.1 Å². The SMILES string of the molecule is N#Cc1ccccc1OCC(=O)NNS(=O)(=O)c1cccc(Cl)c1Cl. The summed E-state index contributed by atoms with van der Waals surface area (Å²) in [6.07, 6.45) is 0. The highest BCUT2D eigenvalue weighted by molar-refractivity contribution is 7.89. The largest absolute Gasteiger partial charge is 0.482 e. The number of amides is 1. The first-order valence-corrected chi connectivity index (χ1v) is 8.95. The molecule has 0 aliphatic heterocycles. The van der Waals surface area contributed by atoms with Crippen molar-refractivity contribution in [3.63, 3.8) is 0 Å². The molecule has 0 spiro atoms. The molecule has 130 valence electrons. The summed E-state index contributed by atoms with van der Waals surface area (Å²) < 4.78 is 29.5. The predicted octanol–water partition coefficient (Wildman–Crippen LogP) is 2.25. The van der Waals surface area contributed by atoms with Crippen molar-refractivity contribution in [2.24, 2.45) is 0 Å². The molecule has 2 aromatic rings. The average molecular weight is 400 g/mol. The standard InChI is InChI=1S/C15H11Cl2N3O4S/c16-11-5-3-7-13(15(11)17)25(22,23)20-19-14(21)9-24-12-6-2-1-4-10(12)8-18/h1-7,20H,9H2,(H,19,21). The number of carbonyl (C=O) groups is 1. The molecule has 2 N–H and O–H groups in total. The average Bonchev–Trinajstić information content (AvgIpc) is 2.60. The molecule has 0 heterocycles. The summed E-state index contributed by atoms with van der Waals surface area (Å²) in [5, 5.41) is 8.82. The van der Waals surface area contributed by atoms with Crippen molar-refractivity contribution in [1.82, 2.24) is 10.3 Å². The van der Waals surface area contributed by atoms with E-state index < -0.39 is 22.5 Å². The van der Waals surface area contributed by atoms with Crippen molar-refractivity contribution in [2.75, 3.05) is 6.61 Å². The zero-order valence-electron chi connectivity index (χ0n) is 12.5. The lowest BCUT2D eigenvalue weighted by Gasteiger charge is -2.11. The molecule has 2 rings (SSSR count). The van der Waals surface area contributed by atoms with Gasteiger partial charge < -0.3 is 4.74 Å². The molecule has 25 heavy (non-hydrogen) atoms. The van der Waals surface area contributed by atoms with E-state index in [0.717, 1.165) is 0 Å². The zero-order chi connectivity index (χ0) is 18.4. The number of hydrazine groups is 1. The summed E-state index contributed by atoms with van der Waals surface area (Å²) in [6, 6.07) is 12.3. The van der Waals surface area contributed by atoms with Gasteiger partial charge in [-0.1, -0.05) is 41.4 Å². The molecule has 0 atom stereocenters. The lowest BCUT2D eigenvalue weighted by molar-refractivity contribution is -0.123. The lowest BCUT2D eigenvalue weighted by Crippen LogP contribution is -2.43. The van der Waals surface area contributed by atoms with E-state index in [4.69, 9.17) is 33.2 Å². The highest BCUT2D eigenvalue weighted by Gasteiger charge is 2.20. The summed E-state index contributed by atoms with van der Waals surface area (Å²) in [7, 11) is -4.11. The van der Waals surface area contributed by atoms with E-state index >= 15 is 0 Å². The topological polar surface area (TPSA) is 108 Å². The van der Waals surface area contributed by atoms with E-state index in [9.17, 15) is 13.2 Å². The van der Waals surface area contributed by atoms with E-state index in [2.05, 4.69) is 0 Å². The first-order valence-electron chi connectivity index (χ1n) is 6.71. The second-order valence-electron chi connectivity index (χ2n) is 4.60. The molecule has 0 aliphatic carbocycles. The molecule has 0 aliphatic rings. The van der Waals surface area contributed by atoms with Gasteiger partial charge in [-0.3, -0.25) is 10.2 Å². The smallest absolute Gasteiger partial charge is 0.272 e. The Balaban J connectivity index is 1.98. The lowest BCUT2D eigenvalue weighted by atomic mass is 10.2. The van der Waals surface area contributed by atoms with Gasteiger partial charge >= 0.3 is 0 Å². The van der Waals surface area contributed by atoms with E-state index in [1.807, 2.05) is 16.3 Å². The third-order valence-electron chi connectivity index (χ3n) is 2.90. The molecule has 1 amide bonds. The second-order valence-corrected chi connectivity index (χ2v) is 7.04. The van der Waals surface area contributed by atoms with Crippen LogP contribution in [0, 0.1) is 11.3 Å². The molecule has 0 saturated heterocycles. The van der Waals surface area contributed by atoms with Gasteiger partial charge in [-0.25, -0.2) is 8.42 Å². The van der Waals surface area contributed by atoms with Crippen LogP contribution in [0.25, 0.3) is 0 Å². The Morgan fingerprint density at radius 2 is 1.88 bits per heavy atom. The molecule has 10 heteroatoms. The Bertz CT molecular complexity index is 942. The minimum Gasteiger partial charge on any atom is -0.482 e. The maximum atomic E-state index is 12.1. The predicted molar refractivity (Wildman–Crippen MR) is 91.6 cm³/mol. The number of nitrogens with one attached hydrogen (secondary N) is 2. The number of sulfonamides is 1. The number of carbonyl (C=O) groups excluding carboxylic acids is 1. The zero-order valence-corrected chi connectivity index (χ0v) is 14.8.